The van der Waals surface area contributed by atoms with Gasteiger partial charge in [0, 0.05) is 47.9 Å². The van der Waals surface area contributed by atoms with E-state index in [0.717, 1.165) is 22.3 Å². The average Bonchev–Trinajstić information content (AvgIpc) is 3.66. The highest BCUT2D eigenvalue weighted by molar-refractivity contribution is 6.74. The number of fused-ring (bicyclic) bond motifs is 2. The van der Waals surface area contributed by atoms with Gasteiger partial charge in [0.1, 0.15) is 24.1 Å². The first-order valence-corrected chi connectivity index (χ1v) is 29.3. The van der Waals surface area contributed by atoms with Gasteiger partial charge in [-0.1, -0.05) is 160 Å². The number of hydrogen-bond acceptors (Lipinski definition) is 10. The number of hydrogen-bond donors (Lipinski definition) is 1. The molecule has 2 aliphatic carbocycles. The van der Waals surface area contributed by atoms with Crippen LogP contribution >= 0.6 is 0 Å². The number of carbonyl (C=O) groups excluding carboxylic acids is 1. The molecule has 74 heavy (non-hydrogen) atoms. The topological polar surface area (TPSA) is 111 Å². The molecule has 0 bridgehead atoms. The Morgan fingerprint density at radius 1 is 0.757 bits per heavy atom. The van der Waals surface area contributed by atoms with Crippen LogP contribution in [0.5, 0.6) is 5.75 Å². The van der Waals surface area contributed by atoms with Crippen LogP contribution in [0.2, 0.25) is 18.1 Å². The van der Waals surface area contributed by atoms with Gasteiger partial charge in [0.25, 0.3) is 0 Å². The molecule has 0 spiro atoms. The lowest BCUT2D eigenvalue weighted by Crippen LogP contribution is -2.66. The van der Waals surface area contributed by atoms with Crippen molar-refractivity contribution < 1.29 is 47.5 Å². The summed E-state index contributed by atoms with van der Waals surface area (Å²) in [6.07, 6.45) is 1.49. The molecule has 2 heterocycles. The molecule has 0 aromatic heterocycles. The first kappa shape index (κ1) is 53.8. The zero-order chi connectivity index (χ0) is 52.5. The summed E-state index contributed by atoms with van der Waals surface area (Å²) in [6.45, 7) is 24.4. The first-order chi connectivity index (χ1) is 35.2. The lowest BCUT2D eigenvalue weighted by molar-refractivity contribution is -0.204. The second kappa shape index (κ2) is 21.5. The molecule has 1 unspecified atom stereocenters. The molecule has 5 aromatic rings. The first-order valence-electron chi connectivity index (χ1n) is 26.4. The maximum Gasteiger partial charge on any atom is 0.192 e. The van der Waals surface area contributed by atoms with Gasteiger partial charge in [0.2, 0.25) is 0 Å². The molecular formula is C63H76O10Si. The lowest BCUT2D eigenvalue weighted by atomic mass is 9.64. The van der Waals surface area contributed by atoms with Crippen LogP contribution in [0, 0.1) is 0 Å². The van der Waals surface area contributed by atoms with Crippen LogP contribution in [-0.4, -0.2) is 66.7 Å². The highest BCUT2D eigenvalue weighted by atomic mass is 28.4. The van der Waals surface area contributed by atoms with Gasteiger partial charge in [0.05, 0.1) is 55.9 Å². The Morgan fingerprint density at radius 2 is 1.31 bits per heavy atom. The summed E-state index contributed by atoms with van der Waals surface area (Å²) in [5, 5.41) is 13.5. The Kier molecular flexibility index (Phi) is 15.6. The quantitative estimate of drug-likeness (QED) is 0.0673. The Labute approximate surface area is 440 Å². The van der Waals surface area contributed by atoms with Gasteiger partial charge in [-0.3, -0.25) is 4.79 Å². The normalized spacial score (nSPS) is 28.7. The maximum absolute atomic E-state index is 16.1. The van der Waals surface area contributed by atoms with Crippen molar-refractivity contribution in [3.8, 4) is 5.75 Å². The zero-order valence-corrected chi connectivity index (χ0v) is 45.8. The summed E-state index contributed by atoms with van der Waals surface area (Å²) < 4.78 is 56.1. The van der Waals surface area contributed by atoms with E-state index in [4.69, 9.17) is 37.6 Å². The largest absolute Gasteiger partial charge is 0.488 e. The number of aliphatic hydroxyl groups is 1. The van der Waals surface area contributed by atoms with Crippen molar-refractivity contribution in [3.05, 3.63) is 197 Å². The van der Waals surface area contributed by atoms with Crippen LogP contribution in [0.1, 0.15) is 124 Å². The van der Waals surface area contributed by atoms with E-state index in [1.165, 1.54) is 0 Å². The number of carbonyl (C=O) groups is 1. The predicted octanol–water partition coefficient (Wildman–Crippen LogP) is 13.2. The fourth-order valence-corrected chi connectivity index (χ4v) is 12.5. The molecule has 3 fully saturated rings. The fourth-order valence-electron chi connectivity index (χ4n) is 11.2. The molecule has 5 aromatic carbocycles. The van der Waals surface area contributed by atoms with E-state index in [-0.39, 0.29) is 29.4 Å². The molecule has 392 valence electrons. The predicted molar refractivity (Wildman–Crippen MR) is 290 cm³/mol. The second-order valence-electron chi connectivity index (χ2n) is 23.0. The van der Waals surface area contributed by atoms with Crippen LogP contribution in [0.4, 0.5) is 0 Å². The zero-order valence-electron chi connectivity index (χ0n) is 44.8. The maximum atomic E-state index is 16.1. The molecule has 0 radical (unpaired) electrons. The van der Waals surface area contributed by atoms with Gasteiger partial charge in [-0.15, -0.1) is 6.58 Å². The molecule has 9 rings (SSSR count). The number of rotatable bonds is 18. The molecule has 2 aliphatic heterocycles. The van der Waals surface area contributed by atoms with Crippen LogP contribution in [0.25, 0.3) is 0 Å². The third kappa shape index (κ3) is 11.2. The van der Waals surface area contributed by atoms with Gasteiger partial charge in [0.15, 0.2) is 25.5 Å². The summed E-state index contributed by atoms with van der Waals surface area (Å²) >= 11 is 0. The van der Waals surface area contributed by atoms with Gasteiger partial charge in [-0.05, 0) is 74.2 Å². The molecule has 1 saturated carbocycles. The molecule has 4 aliphatic rings. The van der Waals surface area contributed by atoms with Gasteiger partial charge in [-0.2, -0.15) is 0 Å². The molecule has 2 saturated heterocycles. The minimum absolute atomic E-state index is 0.0543. The van der Waals surface area contributed by atoms with Crippen molar-refractivity contribution in [1.82, 2.24) is 0 Å². The van der Waals surface area contributed by atoms with Crippen molar-refractivity contribution in [2.75, 3.05) is 0 Å². The SMILES string of the molecule is C=CCC1(O)C=C([C@@]23OC(C)(C)O[C@@H]2C[C@](C)(OCc2ccccc2)C[C@H]3O[Si](C)(C)C(C)(C)C)C(=O)c2ccc([C@H]3C[C@@H](OCc4ccccc4)[C@H](OCc4ccccc4)[C@@H](C)O3)c(OCc3ccccc3)c21. The summed E-state index contributed by atoms with van der Waals surface area (Å²) in [5.74, 6) is -1.06. The van der Waals surface area contributed by atoms with E-state index >= 15 is 4.79 Å². The number of benzene rings is 5. The molecular weight excluding hydrogens is 945 g/mol. The Morgan fingerprint density at radius 3 is 1.88 bits per heavy atom. The molecule has 1 N–H and O–H groups in total. The van der Waals surface area contributed by atoms with Gasteiger partial charge in [-0.25, -0.2) is 0 Å². The fraction of sp³-hybridized carbons (Fsp3) is 0.444. The van der Waals surface area contributed by atoms with E-state index in [1.54, 1.807) is 12.2 Å². The third-order valence-electron chi connectivity index (χ3n) is 15.9. The molecule has 0 amide bonds. The van der Waals surface area contributed by atoms with E-state index in [2.05, 4.69) is 71.6 Å². The van der Waals surface area contributed by atoms with Gasteiger partial charge >= 0.3 is 0 Å². The number of ether oxygens (including phenoxy) is 7. The smallest absolute Gasteiger partial charge is 0.192 e. The second-order valence-corrected chi connectivity index (χ2v) is 27.8. The summed E-state index contributed by atoms with van der Waals surface area (Å²) in [4.78, 5) is 16.1. The summed E-state index contributed by atoms with van der Waals surface area (Å²) in [6, 6.07) is 44.0. The molecule has 9 atom stereocenters. The van der Waals surface area contributed by atoms with Crippen LogP contribution in [0.3, 0.4) is 0 Å². The number of Topliss-reactive ketones (excluding diaryl/α,β-unsaturated/α-hetero) is 1. The minimum Gasteiger partial charge on any atom is -0.488 e. The van der Waals surface area contributed by atoms with E-state index < -0.39 is 67.5 Å². The van der Waals surface area contributed by atoms with E-state index in [9.17, 15) is 5.11 Å². The Bertz CT molecular complexity index is 2760. The monoisotopic (exact) mass is 1020 g/mol. The van der Waals surface area contributed by atoms with E-state index in [1.807, 2.05) is 130 Å². The average molecular weight is 1020 g/mol. The highest BCUT2D eigenvalue weighted by Gasteiger charge is 2.68. The van der Waals surface area contributed by atoms with Crippen molar-refractivity contribution in [3.63, 3.8) is 0 Å². The van der Waals surface area contributed by atoms with Crippen molar-refractivity contribution in [2.45, 2.75) is 178 Å². The van der Waals surface area contributed by atoms with Crippen LogP contribution < -0.4 is 4.74 Å². The Hall–Kier alpha value is -5.05. The van der Waals surface area contributed by atoms with E-state index in [0.29, 0.717) is 61.5 Å². The minimum atomic E-state index is -2.61. The number of ketones is 1. The highest BCUT2D eigenvalue weighted by Crippen LogP contribution is 2.58. The molecule has 11 heteroatoms. The van der Waals surface area contributed by atoms with Crippen molar-refractivity contribution in [2.24, 2.45) is 0 Å². The molecule has 10 nitrogen and oxygen atoms in total. The lowest BCUT2D eigenvalue weighted by Gasteiger charge is -2.54. The van der Waals surface area contributed by atoms with Gasteiger partial charge < -0.3 is 42.7 Å². The van der Waals surface area contributed by atoms with Crippen molar-refractivity contribution >= 4 is 14.1 Å². The Balaban J connectivity index is 1.15. The van der Waals surface area contributed by atoms with Crippen LogP contribution in [-0.2, 0) is 64.9 Å². The van der Waals surface area contributed by atoms with Crippen molar-refractivity contribution in [1.29, 1.82) is 0 Å². The third-order valence-corrected chi connectivity index (χ3v) is 20.4. The van der Waals surface area contributed by atoms with Crippen LogP contribution in [0.15, 0.2) is 158 Å². The summed E-state index contributed by atoms with van der Waals surface area (Å²) in [5.41, 5.74) is 1.70. The summed E-state index contributed by atoms with van der Waals surface area (Å²) in [7, 11) is -2.61. The standard InChI is InChI=1S/C63H76O10Si/c1-11-34-62(65)36-50(63-53(71-60(6,7)73-63)37-61(8,69-42-47-30-22-15-23-31-47)38-54(63)72-74(9,10)59(3,4)5)56(64)49-33-32-48(58(55(49)62)68-41-46-28-20-14-21-29-46)51-35-52(66-39-44-24-16-12-17-25-44)57(43(2)70-51)67-40-45-26-18-13-19-27-45/h11-33,36,43,51-54,57,65H,1,34-35,37-42H2,2-10H3/t43-,51-,52-,53-,54-,57-,61+,62?,63-/m1/s1.